The zero-order valence-electron chi connectivity index (χ0n) is 14.8. The Kier molecular flexibility index (Phi) is 6.38. The second-order valence-electron chi connectivity index (χ2n) is 6.04. The molecular formula is C17H24N3O2S3+. The maximum atomic E-state index is 5.50. The predicted octanol–water partition coefficient (Wildman–Crippen LogP) is 2.79. The fourth-order valence-electron chi connectivity index (χ4n) is 3.01. The van der Waals surface area contributed by atoms with E-state index >= 15 is 0 Å². The van der Waals surface area contributed by atoms with E-state index in [1.54, 1.807) is 37.3 Å². The van der Waals surface area contributed by atoms with Crippen molar-refractivity contribution < 1.29 is 14.4 Å². The molecule has 0 amide bonds. The summed E-state index contributed by atoms with van der Waals surface area (Å²) in [4.78, 5) is 1.47. The van der Waals surface area contributed by atoms with Crippen LogP contribution in [-0.2, 0) is 19.6 Å². The molecule has 25 heavy (non-hydrogen) atoms. The molecule has 1 atom stereocenters. The Morgan fingerprint density at radius 1 is 1.28 bits per heavy atom. The van der Waals surface area contributed by atoms with E-state index in [-0.39, 0.29) is 0 Å². The number of benzene rings is 1. The van der Waals surface area contributed by atoms with E-state index in [2.05, 4.69) is 24.2 Å². The van der Waals surface area contributed by atoms with Gasteiger partial charge in [0.1, 0.15) is 6.54 Å². The molecule has 0 spiro atoms. The molecule has 5 nitrogen and oxygen atoms in total. The third-order valence-corrected chi connectivity index (χ3v) is 6.93. The predicted molar refractivity (Wildman–Crippen MR) is 105 cm³/mol. The Morgan fingerprint density at radius 2 is 2.00 bits per heavy atom. The summed E-state index contributed by atoms with van der Waals surface area (Å²) in [5.41, 5.74) is 2.67. The molecule has 2 aromatic rings. The van der Waals surface area contributed by atoms with E-state index in [0.717, 1.165) is 58.1 Å². The molecule has 2 heterocycles. The molecule has 3 rings (SSSR count). The lowest BCUT2D eigenvalue weighted by atomic mass is 9.99. The Labute approximate surface area is 161 Å². The summed E-state index contributed by atoms with van der Waals surface area (Å²) in [6.07, 6.45) is 2.18. The lowest BCUT2D eigenvalue weighted by Crippen LogP contribution is -3.11. The fourth-order valence-corrected chi connectivity index (χ4v) is 5.27. The molecule has 1 N–H and O–H groups in total. The van der Waals surface area contributed by atoms with Gasteiger partial charge in [0, 0.05) is 17.7 Å². The summed E-state index contributed by atoms with van der Waals surface area (Å²) >= 11 is 8.91. The Morgan fingerprint density at radius 3 is 2.68 bits per heavy atom. The Balaban J connectivity index is 1.73. The zero-order chi connectivity index (χ0) is 17.8. The number of nitrogens with one attached hydrogen (secondary N) is 1. The molecular weight excluding hydrogens is 374 g/mol. The third-order valence-electron chi connectivity index (χ3n) is 4.28. The number of methoxy groups -OCH3 is 2. The van der Waals surface area contributed by atoms with Crippen molar-refractivity contribution in [3.8, 4) is 11.5 Å². The standard InChI is InChI=1S/C17H23N3O2S3/c1-4-7-24-16-18-20(17(23)25-16)11-19-6-5-12-8-14(21-2)15(22-3)9-13(12)10-19/h8-9H,4-7,10-11H2,1-3H3/p+1. The average molecular weight is 399 g/mol. The second-order valence-corrected chi connectivity index (χ2v) is 9.01. The normalized spacial score (nSPS) is 16.5. The van der Waals surface area contributed by atoms with Crippen molar-refractivity contribution in [1.82, 2.24) is 9.78 Å². The van der Waals surface area contributed by atoms with Gasteiger partial charge in [-0.25, -0.2) is 0 Å². The highest BCUT2D eigenvalue weighted by Gasteiger charge is 2.23. The number of quaternary nitrogens is 1. The van der Waals surface area contributed by atoms with E-state index in [9.17, 15) is 0 Å². The van der Waals surface area contributed by atoms with Gasteiger partial charge in [0.05, 0.1) is 20.8 Å². The van der Waals surface area contributed by atoms with Crippen molar-refractivity contribution in [3.63, 3.8) is 0 Å². The first-order valence-corrected chi connectivity index (χ1v) is 10.6. The van der Waals surface area contributed by atoms with E-state index < -0.39 is 0 Å². The van der Waals surface area contributed by atoms with Crippen LogP contribution in [0.4, 0.5) is 0 Å². The van der Waals surface area contributed by atoms with Gasteiger partial charge < -0.3 is 14.4 Å². The quantitative estimate of drug-likeness (QED) is 0.574. The Hall–Kier alpha value is -1.09. The topological polar surface area (TPSA) is 40.7 Å². The number of nitrogens with zero attached hydrogens (tertiary/aromatic N) is 2. The summed E-state index contributed by atoms with van der Waals surface area (Å²) in [6.45, 7) is 5.02. The number of rotatable bonds is 7. The molecule has 0 saturated carbocycles. The molecule has 0 fully saturated rings. The minimum absolute atomic E-state index is 0.797. The average Bonchev–Trinajstić information content (AvgIpc) is 2.98. The first kappa shape index (κ1) is 18.7. The van der Waals surface area contributed by atoms with Gasteiger partial charge in [0.25, 0.3) is 0 Å². The number of aromatic nitrogens is 2. The third kappa shape index (κ3) is 4.36. The lowest BCUT2D eigenvalue weighted by molar-refractivity contribution is -0.939. The maximum Gasteiger partial charge on any atom is 0.185 e. The molecule has 8 heteroatoms. The van der Waals surface area contributed by atoms with Gasteiger partial charge in [0.2, 0.25) is 0 Å². The number of thioether (sulfide) groups is 1. The number of hydrogen-bond donors (Lipinski definition) is 1. The van der Waals surface area contributed by atoms with Crippen molar-refractivity contribution in [1.29, 1.82) is 0 Å². The van der Waals surface area contributed by atoms with Crippen molar-refractivity contribution in [3.05, 3.63) is 27.2 Å². The van der Waals surface area contributed by atoms with Crippen LogP contribution in [0.25, 0.3) is 0 Å². The molecule has 0 radical (unpaired) electrons. The van der Waals surface area contributed by atoms with Crippen LogP contribution >= 0.6 is 35.3 Å². The van der Waals surface area contributed by atoms with Crippen LogP contribution in [0.2, 0.25) is 0 Å². The fraction of sp³-hybridized carbons (Fsp3) is 0.529. The second kappa shape index (κ2) is 8.53. The van der Waals surface area contributed by atoms with Gasteiger partial charge >= 0.3 is 0 Å². The van der Waals surface area contributed by atoms with Crippen LogP contribution in [-0.4, -0.2) is 36.3 Å². The molecule has 1 aromatic heterocycles. The van der Waals surface area contributed by atoms with Gasteiger partial charge in [-0.1, -0.05) is 30.0 Å². The van der Waals surface area contributed by atoms with E-state index in [4.69, 9.17) is 21.7 Å². The highest BCUT2D eigenvalue weighted by molar-refractivity contribution is 8.01. The van der Waals surface area contributed by atoms with Crippen molar-refractivity contribution >= 4 is 35.3 Å². The molecule has 1 aliphatic heterocycles. The van der Waals surface area contributed by atoms with Crippen molar-refractivity contribution in [2.45, 2.75) is 37.3 Å². The minimum atomic E-state index is 0.797. The highest BCUT2D eigenvalue weighted by atomic mass is 32.2. The molecule has 0 bridgehead atoms. The van der Waals surface area contributed by atoms with Gasteiger partial charge in [0.15, 0.2) is 26.5 Å². The minimum Gasteiger partial charge on any atom is -0.493 e. The van der Waals surface area contributed by atoms with Crippen LogP contribution in [0.5, 0.6) is 11.5 Å². The summed E-state index contributed by atoms with van der Waals surface area (Å²) < 4.78 is 14.8. The van der Waals surface area contributed by atoms with Gasteiger partial charge in [-0.05, 0) is 36.3 Å². The van der Waals surface area contributed by atoms with Crippen LogP contribution < -0.4 is 14.4 Å². The molecule has 1 aromatic carbocycles. The van der Waals surface area contributed by atoms with Crippen molar-refractivity contribution in [2.75, 3.05) is 26.5 Å². The monoisotopic (exact) mass is 398 g/mol. The van der Waals surface area contributed by atoms with Gasteiger partial charge in [-0.15, -0.1) is 5.10 Å². The maximum absolute atomic E-state index is 5.50. The first-order valence-electron chi connectivity index (χ1n) is 8.42. The summed E-state index contributed by atoms with van der Waals surface area (Å²) in [7, 11) is 3.37. The van der Waals surface area contributed by atoms with Crippen molar-refractivity contribution in [2.24, 2.45) is 0 Å². The highest BCUT2D eigenvalue weighted by Crippen LogP contribution is 2.31. The van der Waals surface area contributed by atoms with Gasteiger partial charge in [-0.2, -0.15) is 4.68 Å². The smallest absolute Gasteiger partial charge is 0.185 e. The van der Waals surface area contributed by atoms with Crippen LogP contribution in [0.1, 0.15) is 24.5 Å². The SMILES string of the molecule is CCCSc1nn(C[NH+]2CCc3cc(OC)c(OC)cc3C2)c(=S)s1. The van der Waals surface area contributed by atoms with E-state index in [0.29, 0.717) is 0 Å². The first-order chi connectivity index (χ1) is 12.1. The Bertz CT molecular complexity index is 788. The van der Waals surface area contributed by atoms with Crippen LogP contribution in [0, 0.1) is 3.95 Å². The summed E-state index contributed by atoms with van der Waals surface area (Å²) in [6, 6.07) is 4.22. The summed E-state index contributed by atoms with van der Waals surface area (Å²) in [5.74, 6) is 2.70. The lowest BCUT2D eigenvalue weighted by Gasteiger charge is -2.26. The number of fused-ring (bicyclic) bond motifs is 1. The summed E-state index contributed by atoms with van der Waals surface area (Å²) in [5, 5.41) is 4.69. The number of hydrogen-bond acceptors (Lipinski definition) is 6. The largest absolute Gasteiger partial charge is 0.493 e. The number of ether oxygens (including phenoxy) is 2. The molecule has 1 aliphatic rings. The van der Waals surface area contributed by atoms with Crippen LogP contribution in [0.3, 0.4) is 0 Å². The molecule has 136 valence electrons. The molecule has 0 saturated heterocycles. The zero-order valence-corrected chi connectivity index (χ0v) is 17.3. The van der Waals surface area contributed by atoms with E-state index in [1.807, 2.05) is 4.68 Å². The molecule has 1 unspecified atom stereocenters. The van der Waals surface area contributed by atoms with Crippen LogP contribution in [0.15, 0.2) is 16.5 Å². The molecule has 0 aliphatic carbocycles. The van der Waals surface area contributed by atoms with Gasteiger partial charge in [-0.3, -0.25) is 0 Å². The van der Waals surface area contributed by atoms with E-state index in [1.165, 1.54) is 16.0 Å².